The lowest BCUT2D eigenvalue weighted by molar-refractivity contribution is -0.141. The van der Waals surface area contributed by atoms with E-state index in [0.717, 1.165) is 17.8 Å². The molecule has 2 aromatic rings. The Labute approximate surface area is 119 Å². The van der Waals surface area contributed by atoms with E-state index in [2.05, 4.69) is 0 Å². The summed E-state index contributed by atoms with van der Waals surface area (Å²) in [5.41, 5.74) is 1.96. The lowest BCUT2D eigenvalue weighted by Gasteiger charge is -2.24. The molecule has 3 heteroatoms. The van der Waals surface area contributed by atoms with Gasteiger partial charge >= 0.3 is 5.97 Å². The van der Waals surface area contributed by atoms with Gasteiger partial charge in [0, 0.05) is 11.4 Å². The number of ether oxygens (including phenoxy) is 1. The molecule has 3 nitrogen and oxygen atoms in total. The Morgan fingerprint density at radius 3 is 1.90 bits per heavy atom. The van der Waals surface area contributed by atoms with Gasteiger partial charge in [-0.05, 0) is 30.7 Å². The quantitative estimate of drug-likeness (QED) is 0.747. The van der Waals surface area contributed by atoms with E-state index in [0.29, 0.717) is 6.61 Å². The van der Waals surface area contributed by atoms with Crippen molar-refractivity contribution in [3.8, 4) is 0 Å². The van der Waals surface area contributed by atoms with Gasteiger partial charge in [-0.2, -0.15) is 0 Å². The molecule has 0 bridgehead atoms. The van der Waals surface area contributed by atoms with Crippen molar-refractivity contribution in [2.75, 3.05) is 18.1 Å². The van der Waals surface area contributed by atoms with Crippen molar-refractivity contribution in [2.24, 2.45) is 0 Å². The summed E-state index contributed by atoms with van der Waals surface area (Å²) in [4.78, 5) is 13.9. The molecule has 0 saturated carbocycles. The topological polar surface area (TPSA) is 29.5 Å². The first-order chi connectivity index (χ1) is 9.81. The first-order valence-corrected chi connectivity index (χ1v) is 6.84. The van der Waals surface area contributed by atoms with Crippen LogP contribution in [-0.2, 0) is 9.53 Å². The number of carbonyl (C=O) groups is 1. The third kappa shape index (κ3) is 3.85. The zero-order chi connectivity index (χ0) is 14.2. The predicted octanol–water partition coefficient (Wildman–Crippen LogP) is 3.78. The molecule has 2 rings (SSSR count). The van der Waals surface area contributed by atoms with Crippen LogP contribution in [0.3, 0.4) is 0 Å². The van der Waals surface area contributed by atoms with Crippen LogP contribution in [-0.4, -0.2) is 19.1 Å². The van der Waals surface area contributed by atoms with Crippen LogP contribution < -0.4 is 4.90 Å². The van der Waals surface area contributed by atoms with E-state index < -0.39 is 0 Å². The normalized spacial score (nSPS) is 10.1. The second-order valence-corrected chi connectivity index (χ2v) is 4.48. The van der Waals surface area contributed by atoms with Gasteiger partial charge in [0.25, 0.3) is 0 Å². The van der Waals surface area contributed by atoms with E-state index >= 15 is 0 Å². The minimum absolute atomic E-state index is 0.209. The van der Waals surface area contributed by atoms with Crippen molar-refractivity contribution in [3.63, 3.8) is 0 Å². The third-order valence-electron chi connectivity index (χ3n) is 2.89. The van der Waals surface area contributed by atoms with Crippen LogP contribution in [0.2, 0.25) is 0 Å². The van der Waals surface area contributed by atoms with Crippen LogP contribution in [0.25, 0.3) is 0 Å². The Morgan fingerprint density at radius 2 is 1.45 bits per heavy atom. The molecule has 2 aromatic carbocycles. The molecular weight excluding hydrogens is 250 g/mol. The van der Waals surface area contributed by atoms with Crippen molar-refractivity contribution in [2.45, 2.75) is 13.3 Å². The molecule has 0 aromatic heterocycles. The molecule has 0 aliphatic rings. The zero-order valence-electron chi connectivity index (χ0n) is 11.7. The smallest absolute Gasteiger partial charge is 0.325 e. The maximum atomic E-state index is 11.9. The molecule has 20 heavy (non-hydrogen) atoms. The maximum Gasteiger partial charge on any atom is 0.325 e. The van der Waals surface area contributed by atoms with Gasteiger partial charge in [-0.3, -0.25) is 4.79 Å². The number of esters is 1. The summed E-state index contributed by atoms with van der Waals surface area (Å²) < 4.78 is 5.18. The van der Waals surface area contributed by atoms with Crippen molar-refractivity contribution in [1.29, 1.82) is 0 Å². The van der Waals surface area contributed by atoms with Crippen LogP contribution in [0.1, 0.15) is 13.3 Å². The number of rotatable bonds is 6. The van der Waals surface area contributed by atoms with E-state index in [9.17, 15) is 4.79 Å². The van der Waals surface area contributed by atoms with Crippen molar-refractivity contribution >= 4 is 17.3 Å². The Bertz CT molecular complexity index is 486. The van der Waals surface area contributed by atoms with E-state index in [4.69, 9.17) is 4.74 Å². The highest BCUT2D eigenvalue weighted by atomic mass is 16.5. The molecular formula is C17H19NO2. The average Bonchev–Trinajstić information content (AvgIpc) is 2.52. The monoisotopic (exact) mass is 269 g/mol. The van der Waals surface area contributed by atoms with E-state index in [1.807, 2.05) is 72.5 Å². The van der Waals surface area contributed by atoms with Gasteiger partial charge < -0.3 is 9.64 Å². The molecule has 0 amide bonds. The van der Waals surface area contributed by atoms with Gasteiger partial charge in [0.15, 0.2) is 0 Å². The average molecular weight is 269 g/mol. The van der Waals surface area contributed by atoms with Crippen molar-refractivity contribution < 1.29 is 9.53 Å². The van der Waals surface area contributed by atoms with Crippen LogP contribution in [0.15, 0.2) is 60.7 Å². The summed E-state index contributed by atoms with van der Waals surface area (Å²) in [6.07, 6.45) is 0.836. The standard InChI is InChI=1S/C17H19NO2/c1-2-13-20-17(19)14-18(15-9-5-3-6-10-15)16-11-7-4-8-12-16/h3-12H,2,13-14H2,1H3. The van der Waals surface area contributed by atoms with E-state index in [-0.39, 0.29) is 12.5 Å². The third-order valence-corrected chi connectivity index (χ3v) is 2.89. The molecule has 0 spiro atoms. The summed E-state index contributed by atoms with van der Waals surface area (Å²) in [5.74, 6) is -0.209. The summed E-state index contributed by atoms with van der Waals surface area (Å²) in [6.45, 7) is 2.67. The second-order valence-electron chi connectivity index (χ2n) is 4.48. The highest BCUT2D eigenvalue weighted by molar-refractivity contribution is 5.80. The number of anilines is 2. The van der Waals surface area contributed by atoms with Gasteiger partial charge in [0.2, 0.25) is 0 Å². The second kappa shape index (κ2) is 7.34. The highest BCUT2D eigenvalue weighted by Gasteiger charge is 2.14. The predicted molar refractivity (Wildman–Crippen MR) is 81.1 cm³/mol. The fourth-order valence-electron chi connectivity index (χ4n) is 1.94. The van der Waals surface area contributed by atoms with Gasteiger partial charge in [-0.25, -0.2) is 0 Å². The van der Waals surface area contributed by atoms with Crippen molar-refractivity contribution in [3.05, 3.63) is 60.7 Å². The zero-order valence-corrected chi connectivity index (χ0v) is 11.7. The number of nitrogens with zero attached hydrogens (tertiary/aromatic N) is 1. The van der Waals surface area contributed by atoms with Gasteiger partial charge in [0.1, 0.15) is 6.54 Å². The van der Waals surface area contributed by atoms with Crippen LogP contribution in [0.5, 0.6) is 0 Å². The summed E-state index contributed by atoms with van der Waals surface area (Å²) in [5, 5.41) is 0. The molecule has 0 atom stereocenters. The van der Waals surface area contributed by atoms with Crippen LogP contribution in [0.4, 0.5) is 11.4 Å². The minimum atomic E-state index is -0.209. The fourth-order valence-corrected chi connectivity index (χ4v) is 1.94. The first kappa shape index (κ1) is 14.1. The molecule has 0 N–H and O–H groups in total. The Balaban J connectivity index is 2.19. The van der Waals surface area contributed by atoms with Crippen LogP contribution >= 0.6 is 0 Å². The number of hydrogen-bond acceptors (Lipinski definition) is 3. The molecule has 0 unspecified atom stereocenters. The molecule has 104 valence electrons. The number of hydrogen-bond donors (Lipinski definition) is 0. The molecule has 0 saturated heterocycles. The van der Waals surface area contributed by atoms with E-state index in [1.54, 1.807) is 0 Å². The Hall–Kier alpha value is -2.29. The summed E-state index contributed by atoms with van der Waals surface area (Å²) >= 11 is 0. The van der Waals surface area contributed by atoms with Gasteiger partial charge in [-0.1, -0.05) is 43.3 Å². The largest absolute Gasteiger partial charge is 0.464 e. The van der Waals surface area contributed by atoms with Gasteiger partial charge in [0.05, 0.1) is 6.61 Å². The summed E-state index contributed by atoms with van der Waals surface area (Å²) in [7, 11) is 0. The highest BCUT2D eigenvalue weighted by Crippen LogP contribution is 2.24. The fraction of sp³-hybridized carbons (Fsp3) is 0.235. The molecule has 0 aliphatic heterocycles. The SMILES string of the molecule is CCCOC(=O)CN(c1ccccc1)c1ccccc1. The minimum Gasteiger partial charge on any atom is -0.464 e. The lowest BCUT2D eigenvalue weighted by Crippen LogP contribution is -2.27. The summed E-state index contributed by atoms with van der Waals surface area (Å²) in [6, 6.07) is 19.7. The lowest BCUT2D eigenvalue weighted by atomic mass is 10.2. The number of benzene rings is 2. The number of para-hydroxylation sites is 2. The molecule has 0 fully saturated rings. The Morgan fingerprint density at radius 1 is 0.950 bits per heavy atom. The Kier molecular flexibility index (Phi) is 5.18. The van der Waals surface area contributed by atoms with Crippen LogP contribution in [0, 0.1) is 0 Å². The van der Waals surface area contributed by atoms with Crippen molar-refractivity contribution in [1.82, 2.24) is 0 Å². The molecule has 0 heterocycles. The maximum absolute atomic E-state index is 11.9. The van der Waals surface area contributed by atoms with E-state index in [1.165, 1.54) is 0 Å². The van der Waals surface area contributed by atoms with Gasteiger partial charge in [-0.15, -0.1) is 0 Å². The number of carbonyl (C=O) groups excluding carboxylic acids is 1. The first-order valence-electron chi connectivity index (χ1n) is 6.84. The molecule has 0 aliphatic carbocycles. The molecule has 0 radical (unpaired) electrons.